The Hall–Kier alpha value is -5.98. The maximum absolute atomic E-state index is 2.42. The quantitative estimate of drug-likeness (QED) is 0.161. The zero-order valence-corrected chi connectivity index (χ0v) is 26.3. The molecule has 48 heavy (non-hydrogen) atoms. The SMILES string of the molecule is C1=C\c2ccccc2C2=C(c3ccccc3/1)C13C4=C(c5ccccc5/C=C\c5ccccc54)C21c1ccccc1/C=C\c1ccccc13. The van der Waals surface area contributed by atoms with Crippen molar-refractivity contribution in [2.24, 2.45) is 0 Å². The summed E-state index contributed by atoms with van der Waals surface area (Å²) in [4.78, 5) is 0. The fourth-order valence-electron chi connectivity index (χ4n) is 9.90. The molecule has 11 rings (SSSR count). The highest BCUT2D eigenvalue weighted by atomic mass is 14.8. The molecule has 0 heterocycles. The van der Waals surface area contributed by atoms with Gasteiger partial charge in [-0.1, -0.05) is 182 Å². The van der Waals surface area contributed by atoms with Gasteiger partial charge in [0.05, 0.1) is 10.8 Å². The van der Waals surface area contributed by atoms with Gasteiger partial charge < -0.3 is 0 Å². The second kappa shape index (κ2) is 9.31. The molecule has 0 saturated heterocycles. The standard InChI is InChI=1S/C48H30/c1-7-19-37-31(13-1)25-26-32-14-2-8-20-38(32)44-43(37)47-41-23-11-5-17-35(41)29-30-36-18-6-12-24-42(36)48(44,47)46-40-22-10-4-16-34(40)28-27-33-15-3-9-21-39(33)45(46)47/h1-30H/b26-25-,28-27-,30-29-,31-25?,32-26?,33-27?,34-28?,43-37?,44-38?,45-39?,46-40?. The molecule has 0 atom stereocenters. The number of hydrogen-bond donors (Lipinski definition) is 0. The molecule has 5 aliphatic carbocycles. The Morgan fingerprint density at radius 2 is 0.458 bits per heavy atom. The smallest absolute Gasteiger partial charge is 0.0619 e. The summed E-state index contributed by atoms with van der Waals surface area (Å²) in [7, 11) is 0. The summed E-state index contributed by atoms with van der Waals surface area (Å²) in [6, 6.07) is 54.7. The zero-order valence-electron chi connectivity index (χ0n) is 26.3. The van der Waals surface area contributed by atoms with Gasteiger partial charge in [0.1, 0.15) is 0 Å². The molecule has 0 aliphatic heterocycles. The van der Waals surface area contributed by atoms with E-state index >= 15 is 0 Å². The number of allylic oxidation sites excluding steroid dienone is 4. The van der Waals surface area contributed by atoms with Crippen LogP contribution in [-0.2, 0) is 10.8 Å². The van der Waals surface area contributed by atoms with E-state index in [4.69, 9.17) is 0 Å². The van der Waals surface area contributed by atoms with Gasteiger partial charge in [-0.15, -0.1) is 0 Å². The topological polar surface area (TPSA) is 0 Å². The third-order valence-corrected chi connectivity index (χ3v) is 11.5. The van der Waals surface area contributed by atoms with Crippen molar-refractivity contribution in [3.8, 4) is 0 Å². The van der Waals surface area contributed by atoms with Crippen molar-refractivity contribution >= 4 is 58.7 Å². The lowest BCUT2D eigenvalue weighted by Crippen LogP contribution is -2.67. The van der Waals surface area contributed by atoms with Gasteiger partial charge in [0.2, 0.25) is 0 Å². The summed E-state index contributed by atoms with van der Waals surface area (Å²) in [5.74, 6) is 0. The number of benzene rings is 6. The molecule has 0 radical (unpaired) electrons. The summed E-state index contributed by atoms with van der Waals surface area (Å²) >= 11 is 0. The molecule has 6 aromatic carbocycles. The molecule has 0 heteroatoms. The zero-order chi connectivity index (χ0) is 31.5. The van der Waals surface area contributed by atoms with Gasteiger partial charge in [0.15, 0.2) is 0 Å². The van der Waals surface area contributed by atoms with Crippen LogP contribution in [0.2, 0.25) is 0 Å². The van der Waals surface area contributed by atoms with Crippen molar-refractivity contribution in [3.63, 3.8) is 0 Å². The number of rotatable bonds is 0. The van der Waals surface area contributed by atoms with Gasteiger partial charge in [-0.3, -0.25) is 0 Å². The molecule has 0 nitrogen and oxygen atoms in total. The molecule has 0 bridgehead atoms. The summed E-state index contributed by atoms with van der Waals surface area (Å²) < 4.78 is 0. The van der Waals surface area contributed by atoms with Crippen LogP contribution >= 0.6 is 0 Å². The highest BCUT2D eigenvalue weighted by Crippen LogP contribution is 2.85. The average Bonchev–Trinajstić information content (AvgIpc) is 3.12. The lowest BCUT2D eigenvalue weighted by atomic mass is 9.27. The van der Waals surface area contributed by atoms with Gasteiger partial charge in [-0.2, -0.15) is 0 Å². The van der Waals surface area contributed by atoms with Crippen molar-refractivity contribution in [2.45, 2.75) is 10.8 Å². The van der Waals surface area contributed by atoms with E-state index in [0.717, 1.165) is 0 Å². The third-order valence-electron chi connectivity index (χ3n) is 11.5. The Balaban J connectivity index is 1.45. The Kier molecular flexibility index (Phi) is 5.07. The highest BCUT2D eigenvalue weighted by molar-refractivity contribution is 6.35. The fraction of sp³-hybridized carbons (Fsp3) is 0.0417. The highest BCUT2D eigenvalue weighted by Gasteiger charge is 2.78. The average molecular weight is 607 g/mol. The third kappa shape index (κ3) is 2.94. The summed E-state index contributed by atoms with van der Waals surface area (Å²) in [6.07, 6.45) is 14.0. The van der Waals surface area contributed by atoms with Crippen LogP contribution < -0.4 is 0 Å². The van der Waals surface area contributed by atoms with Gasteiger partial charge in [0.25, 0.3) is 0 Å². The minimum atomic E-state index is -0.447. The van der Waals surface area contributed by atoms with E-state index in [0.29, 0.717) is 0 Å². The van der Waals surface area contributed by atoms with E-state index in [-0.39, 0.29) is 0 Å². The Labute approximate surface area is 281 Å². The molecule has 6 aromatic rings. The number of hydrogen-bond acceptors (Lipinski definition) is 0. The van der Waals surface area contributed by atoms with Gasteiger partial charge in [-0.25, -0.2) is 0 Å². The van der Waals surface area contributed by atoms with Crippen molar-refractivity contribution in [1.29, 1.82) is 0 Å². The van der Waals surface area contributed by atoms with Crippen LogP contribution in [0, 0.1) is 0 Å². The van der Waals surface area contributed by atoms with Gasteiger partial charge in [-0.05, 0) is 89.1 Å². The maximum atomic E-state index is 2.42. The van der Waals surface area contributed by atoms with E-state index < -0.39 is 10.8 Å². The van der Waals surface area contributed by atoms with Crippen molar-refractivity contribution in [2.75, 3.05) is 0 Å². The van der Waals surface area contributed by atoms with Crippen LogP contribution in [0.3, 0.4) is 0 Å². The molecule has 0 spiro atoms. The van der Waals surface area contributed by atoms with Crippen LogP contribution in [-0.4, -0.2) is 0 Å². The molecule has 0 fully saturated rings. The minimum Gasteiger partial charge on any atom is -0.0619 e. The second-order valence-electron chi connectivity index (χ2n) is 13.5. The molecular weight excluding hydrogens is 577 g/mol. The first-order valence-electron chi connectivity index (χ1n) is 16.9. The molecule has 0 N–H and O–H groups in total. The Morgan fingerprint density at radius 1 is 0.229 bits per heavy atom. The first kappa shape index (κ1) is 26.1. The Bertz CT molecular complexity index is 2260. The molecule has 0 amide bonds. The van der Waals surface area contributed by atoms with E-state index in [2.05, 4.69) is 182 Å². The van der Waals surface area contributed by atoms with Gasteiger partial charge in [0, 0.05) is 0 Å². The first-order chi connectivity index (χ1) is 23.8. The first-order valence-corrected chi connectivity index (χ1v) is 16.9. The minimum absolute atomic E-state index is 0.447. The van der Waals surface area contributed by atoms with Crippen molar-refractivity contribution < 1.29 is 0 Å². The van der Waals surface area contributed by atoms with Crippen molar-refractivity contribution in [3.05, 3.63) is 212 Å². The molecule has 0 aromatic heterocycles. The van der Waals surface area contributed by atoms with Crippen molar-refractivity contribution in [1.82, 2.24) is 0 Å². The molecule has 0 unspecified atom stereocenters. The monoisotopic (exact) mass is 606 g/mol. The lowest BCUT2D eigenvalue weighted by Gasteiger charge is -2.73. The van der Waals surface area contributed by atoms with Crippen LogP contribution in [0.5, 0.6) is 0 Å². The van der Waals surface area contributed by atoms with Crippen LogP contribution in [0.4, 0.5) is 0 Å². The van der Waals surface area contributed by atoms with Crippen LogP contribution in [0.25, 0.3) is 58.7 Å². The molecule has 5 aliphatic rings. The summed E-state index contributed by atoms with van der Waals surface area (Å²) in [5.41, 5.74) is 20.5. The lowest BCUT2D eigenvalue weighted by molar-refractivity contribution is 0.455. The Morgan fingerprint density at radius 3 is 0.771 bits per heavy atom. The van der Waals surface area contributed by atoms with E-state index in [9.17, 15) is 0 Å². The van der Waals surface area contributed by atoms with E-state index in [1.54, 1.807) is 0 Å². The molecule has 222 valence electrons. The number of fused-ring (bicyclic) bond motifs is 10. The molecular formula is C48H30. The van der Waals surface area contributed by atoms with Crippen LogP contribution in [0.15, 0.2) is 146 Å². The predicted molar refractivity (Wildman–Crippen MR) is 202 cm³/mol. The molecule has 0 saturated carbocycles. The predicted octanol–water partition coefficient (Wildman–Crippen LogP) is 11.6. The maximum Gasteiger partial charge on any atom is 0.0654 e. The largest absolute Gasteiger partial charge is 0.0654 e. The fourth-order valence-corrected chi connectivity index (χ4v) is 9.90. The summed E-state index contributed by atoms with van der Waals surface area (Å²) in [6.45, 7) is 0. The second-order valence-corrected chi connectivity index (χ2v) is 13.5. The normalized spacial score (nSPS) is 23.5. The van der Waals surface area contributed by atoms with E-state index in [1.807, 2.05) is 0 Å². The van der Waals surface area contributed by atoms with E-state index in [1.165, 1.54) is 89.1 Å². The summed E-state index contributed by atoms with van der Waals surface area (Å²) in [5, 5.41) is 0. The van der Waals surface area contributed by atoms with Crippen LogP contribution in [0.1, 0.15) is 66.8 Å². The van der Waals surface area contributed by atoms with Gasteiger partial charge >= 0.3 is 0 Å².